The van der Waals surface area contributed by atoms with Crippen molar-refractivity contribution in [3.63, 3.8) is 0 Å². The fourth-order valence-corrected chi connectivity index (χ4v) is 5.39. The number of sulfonamides is 1. The van der Waals surface area contributed by atoms with Gasteiger partial charge < -0.3 is 5.32 Å². The van der Waals surface area contributed by atoms with Gasteiger partial charge in [-0.1, -0.05) is 41.9 Å². The standard InChI is InChI=1S/C23H30ClN3O3S/c1-17-10-11-21(24)14-22(17)27(31(3,29)30)18(2)23(28)25-15-19-8-4-5-9-20(19)16-26-12-6-7-13-26/h4-5,8-11,14,18H,6-7,12-13,15-16H2,1-3H3,(H,25,28)/t18-/m0/s1. The molecule has 1 saturated heterocycles. The number of aryl methyl sites for hydroxylation is 1. The first-order chi connectivity index (χ1) is 14.7. The van der Waals surface area contributed by atoms with Crippen LogP contribution in [-0.4, -0.2) is 44.6 Å². The average molecular weight is 464 g/mol. The molecule has 1 aliphatic rings. The zero-order chi connectivity index (χ0) is 22.6. The molecule has 1 heterocycles. The van der Waals surface area contributed by atoms with Gasteiger partial charge in [0, 0.05) is 18.1 Å². The Morgan fingerprint density at radius 2 is 1.81 bits per heavy atom. The van der Waals surface area contributed by atoms with Crippen molar-refractivity contribution in [2.24, 2.45) is 0 Å². The van der Waals surface area contributed by atoms with Crippen molar-refractivity contribution in [1.82, 2.24) is 10.2 Å². The molecule has 2 aromatic rings. The summed E-state index contributed by atoms with van der Waals surface area (Å²) >= 11 is 6.10. The molecule has 8 heteroatoms. The van der Waals surface area contributed by atoms with Gasteiger partial charge >= 0.3 is 0 Å². The Hall–Kier alpha value is -2.09. The van der Waals surface area contributed by atoms with E-state index in [0.29, 0.717) is 17.3 Å². The quantitative estimate of drug-likeness (QED) is 0.647. The lowest BCUT2D eigenvalue weighted by atomic mass is 10.1. The van der Waals surface area contributed by atoms with Crippen LogP contribution in [0.2, 0.25) is 5.02 Å². The molecule has 168 valence electrons. The molecule has 1 aliphatic heterocycles. The van der Waals surface area contributed by atoms with Crippen LogP contribution in [0, 0.1) is 6.92 Å². The van der Waals surface area contributed by atoms with Gasteiger partial charge in [0.15, 0.2) is 0 Å². The summed E-state index contributed by atoms with van der Waals surface area (Å²) in [6.07, 6.45) is 3.55. The Labute approximate surface area is 190 Å². The van der Waals surface area contributed by atoms with Crippen LogP contribution in [0.1, 0.15) is 36.5 Å². The maximum absolute atomic E-state index is 13.0. The summed E-state index contributed by atoms with van der Waals surface area (Å²) in [5.41, 5.74) is 3.36. The van der Waals surface area contributed by atoms with Crippen LogP contribution in [0.5, 0.6) is 0 Å². The van der Waals surface area contributed by atoms with Gasteiger partial charge in [0.05, 0.1) is 11.9 Å². The highest BCUT2D eigenvalue weighted by atomic mass is 35.5. The van der Waals surface area contributed by atoms with Crippen LogP contribution in [0.25, 0.3) is 0 Å². The third-order valence-corrected chi connectivity index (χ3v) is 7.12. The molecular formula is C23H30ClN3O3S. The summed E-state index contributed by atoms with van der Waals surface area (Å²) in [5, 5.41) is 3.34. The first-order valence-electron chi connectivity index (χ1n) is 10.5. The second kappa shape index (κ2) is 10.0. The van der Waals surface area contributed by atoms with Crippen molar-refractivity contribution >= 4 is 33.2 Å². The Balaban J connectivity index is 1.75. The van der Waals surface area contributed by atoms with Gasteiger partial charge in [0.2, 0.25) is 15.9 Å². The average Bonchev–Trinajstić information content (AvgIpc) is 3.22. The Morgan fingerprint density at radius 3 is 2.45 bits per heavy atom. The summed E-state index contributed by atoms with van der Waals surface area (Å²) in [4.78, 5) is 15.4. The monoisotopic (exact) mass is 463 g/mol. The topological polar surface area (TPSA) is 69.7 Å². The van der Waals surface area contributed by atoms with Crippen molar-refractivity contribution in [3.05, 3.63) is 64.2 Å². The number of nitrogens with one attached hydrogen (secondary N) is 1. The number of carbonyl (C=O) groups excluding carboxylic acids is 1. The van der Waals surface area contributed by atoms with Gasteiger partial charge in [-0.15, -0.1) is 0 Å². The third kappa shape index (κ3) is 5.99. The zero-order valence-electron chi connectivity index (χ0n) is 18.3. The molecule has 1 fully saturated rings. The van der Waals surface area contributed by atoms with E-state index in [4.69, 9.17) is 11.6 Å². The summed E-state index contributed by atoms with van der Waals surface area (Å²) in [7, 11) is -3.70. The summed E-state index contributed by atoms with van der Waals surface area (Å²) in [6.45, 7) is 6.79. The van der Waals surface area contributed by atoms with Crippen molar-refractivity contribution in [3.8, 4) is 0 Å². The lowest BCUT2D eigenvalue weighted by Gasteiger charge is -2.29. The van der Waals surface area contributed by atoms with Crippen molar-refractivity contribution in [1.29, 1.82) is 0 Å². The lowest BCUT2D eigenvalue weighted by Crippen LogP contribution is -2.48. The van der Waals surface area contributed by atoms with Gasteiger partial charge in [-0.2, -0.15) is 0 Å². The van der Waals surface area contributed by atoms with E-state index >= 15 is 0 Å². The first kappa shape index (κ1) is 23.6. The highest BCUT2D eigenvalue weighted by Gasteiger charge is 2.30. The predicted octanol–water partition coefficient (Wildman–Crippen LogP) is 3.72. The van der Waals surface area contributed by atoms with E-state index in [1.54, 1.807) is 32.0 Å². The van der Waals surface area contributed by atoms with Crippen LogP contribution in [0.4, 0.5) is 5.69 Å². The number of hydrogen-bond acceptors (Lipinski definition) is 4. The molecule has 3 rings (SSSR count). The molecule has 0 aromatic heterocycles. The van der Waals surface area contributed by atoms with E-state index in [-0.39, 0.29) is 5.91 Å². The molecule has 6 nitrogen and oxygen atoms in total. The largest absolute Gasteiger partial charge is 0.350 e. The van der Waals surface area contributed by atoms with Crippen LogP contribution < -0.4 is 9.62 Å². The molecule has 0 saturated carbocycles. The number of benzene rings is 2. The highest BCUT2D eigenvalue weighted by molar-refractivity contribution is 7.92. The molecule has 0 aliphatic carbocycles. The lowest BCUT2D eigenvalue weighted by molar-refractivity contribution is -0.122. The maximum atomic E-state index is 13.0. The smallest absolute Gasteiger partial charge is 0.243 e. The Kier molecular flexibility index (Phi) is 7.62. The SMILES string of the molecule is Cc1ccc(Cl)cc1N([C@@H](C)C(=O)NCc1ccccc1CN1CCCC1)S(C)(=O)=O. The zero-order valence-corrected chi connectivity index (χ0v) is 19.8. The van der Waals surface area contributed by atoms with E-state index in [9.17, 15) is 13.2 Å². The highest BCUT2D eigenvalue weighted by Crippen LogP contribution is 2.28. The Morgan fingerprint density at radius 1 is 1.16 bits per heavy atom. The molecule has 0 unspecified atom stereocenters. The molecule has 0 radical (unpaired) electrons. The first-order valence-corrected chi connectivity index (χ1v) is 12.7. The van der Waals surface area contributed by atoms with Gasteiger partial charge in [-0.05, 0) is 68.6 Å². The second-order valence-electron chi connectivity index (χ2n) is 8.14. The molecular weight excluding hydrogens is 434 g/mol. The number of likely N-dealkylation sites (tertiary alicyclic amines) is 1. The minimum absolute atomic E-state index is 0.347. The van der Waals surface area contributed by atoms with Gasteiger partial charge in [0.25, 0.3) is 0 Å². The van der Waals surface area contributed by atoms with E-state index in [2.05, 4.69) is 16.3 Å². The van der Waals surface area contributed by atoms with Gasteiger partial charge in [0.1, 0.15) is 6.04 Å². The number of nitrogens with zero attached hydrogens (tertiary/aromatic N) is 2. The van der Waals surface area contributed by atoms with E-state index in [0.717, 1.165) is 41.3 Å². The fraction of sp³-hybridized carbons (Fsp3) is 0.435. The number of rotatable bonds is 8. The van der Waals surface area contributed by atoms with E-state index in [1.807, 2.05) is 18.2 Å². The molecule has 31 heavy (non-hydrogen) atoms. The van der Waals surface area contributed by atoms with Crippen molar-refractivity contribution in [2.45, 2.75) is 45.8 Å². The maximum Gasteiger partial charge on any atom is 0.243 e. The molecule has 1 N–H and O–H groups in total. The van der Waals surface area contributed by atoms with Crippen LogP contribution >= 0.6 is 11.6 Å². The number of halogens is 1. The third-order valence-electron chi connectivity index (χ3n) is 5.66. The number of anilines is 1. The number of carbonyl (C=O) groups is 1. The minimum Gasteiger partial charge on any atom is -0.350 e. The predicted molar refractivity (Wildman–Crippen MR) is 126 cm³/mol. The molecule has 0 bridgehead atoms. The van der Waals surface area contributed by atoms with Crippen LogP contribution in [-0.2, 0) is 27.9 Å². The summed E-state index contributed by atoms with van der Waals surface area (Å²) in [6, 6.07) is 12.2. The Bertz CT molecular complexity index is 1040. The molecule has 0 spiro atoms. The number of amides is 1. The summed E-state index contributed by atoms with van der Waals surface area (Å²) in [5.74, 6) is -0.360. The van der Waals surface area contributed by atoms with E-state index in [1.165, 1.54) is 18.4 Å². The summed E-state index contributed by atoms with van der Waals surface area (Å²) < 4.78 is 26.3. The number of hydrogen-bond donors (Lipinski definition) is 1. The fourth-order valence-electron chi connectivity index (χ4n) is 4.00. The second-order valence-corrected chi connectivity index (χ2v) is 10.4. The van der Waals surface area contributed by atoms with Crippen molar-refractivity contribution < 1.29 is 13.2 Å². The normalized spacial score (nSPS) is 15.6. The van der Waals surface area contributed by atoms with Crippen LogP contribution in [0.3, 0.4) is 0 Å². The van der Waals surface area contributed by atoms with Crippen molar-refractivity contribution in [2.75, 3.05) is 23.7 Å². The van der Waals surface area contributed by atoms with Gasteiger partial charge in [-0.3, -0.25) is 14.0 Å². The van der Waals surface area contributed by atoms with Crippen LogP contribution in [0.15, 0.2) is 42.5 Å². The minimum atomic E-state index is -3.70. The molecule has 1 amide bonds. The van der Waals surface area contributed by atoms with E-state index < -0.39 is 16.1 Å². The molecule has 2 aromatic carbocycles. The van der Waals surface area contributed by atoms with Gasteiger partial charge in [-0.25, -0.2) is 8.42 Å². The molecule has 1 atom stereocenters.